The van der Waals surface area contributed by atoms with Crippen LogP contribution in [0, 0.1) is 0 Å². The van der Waals surface area contributed by atoms with E-state index in [2.05, 4.69) is 22.5 Å². The highest BCUT2D eigenvalue weighted by Crippen LogP contribution is 2.15. The van der Waals surface area contributed by atoms with Crippen LogP contribution in [0.5, 0.6) is 0 Å². The van der Waals surface area contributed by atoms with Gasteiger partial charge in [0, 0.05) is 12.1 Å². The van der Waals surface area contributed by atoms with Crippen LogP contribution in [0.3, 0.4) is 0 Å². The van der Waals surface area contributed by atoms with E-state index in [-0.39, 0.29) is 0 Å². The lowest BCUT2D eigenvalue weighted by atomic mass is 10.0. The Morgan fingerprint density at radius 2 is 2.33 bits per heavy atom. The third-order valence-corrected chi connectivity index (χ3v) is 3.62. The molecule has 0 bridgehead atoms. The van der Waals surface area contributed by atoms with E-state index in [0.29, 0.717) is 17.2 Å². The van der Waals surface area contributed by atoms with Crippen LogP contribution in [-0.4, -0.2) is 23.6 Å². The quantitative estimate of drug-likeness (QED) is 0.821. The van der Waals surface area contributed by atoms with E-state index < -0.39 is 0 Å². The van der Waals surface area contributed by atoms with Crippen LogP contribution >= 0.6 is 11.6 Å². The van der Waals surface area contributed by atoms with Crippen LogP contribution in [0.15, 0.2) is 18.2 Å². The Morgan fingerprint density at radius 3 is 3.17 bits per heavy atom. The molecule has 4 heteroatoms. The van der Waals surface area contributed by atoms with E-state index in [1.54, 1.807) is 6.07 Å². The number of rotatable bonds is 4. The van der Waals surface area contributed by atoms with E-state index in [1.807, 2.05) is 12.1 Å². The van der Waals surface area contributed by atoms with Gasteiger partial charge in [0.15, 0.2) is 0 Å². The maximum Gasteiger partial charge on any atom is 0.131 e. The number of hydrogen-bond donors (Lipinski definition) is 2. The molecule has 2 atom stereocenters. The Bertz CT molecular complexity index is 362. The summed E-state index contributed by atoms with van der Waals surface area (Å²) in [5, 5.41) is 7.58. The van der Waals surface area contributed by atoms with Gasteiger partial charge in [-0.15, -0.1) is 0 Å². The van der Waals surface area contributed by atoms with E-state index in [1.165, 1.54) is 25.7 Å². The second-order valence-electron chi connectivity index (χ2n) is 5.13. The van der Waals surface area contributed by atoms with Crippen molar-refractivity contribution in [2.24, 2.45) is 0 Å². The molecule has 2 unspecified atom stereocenters. The fourth-order valence-electron chi connectivity index (χ4n) is 2.53. The Morgan fingerprint density at radius 1 is 1.44 bits per heavy atom. The van der Waals surface area contributed by atoms with E-state index in [4.69, 9.17) is 11.6 Å². The summed E-state index contributed by atoms with van der Waals surface area (Å²) < 4.78 is 0. The maximum absolute atomic E-state index is 5.88. The largest absolute Gasteiger partial charge is 0.368 e. The molecule has 1 aliphatic heterocycles. The Hall–Kier alpha value is -0.800. The van der Waals surface area contributed by atoms with Gasteiger partial charge in [0.1, 0.15) is 11.0 Å². The van der Waals surface area contributed by atoms with E-state index in [9.17, 15) is 0 Å². The van der Waals surface area contributed by atoms with Gasteiger partial charge < -0.3 is 10.6 Å². The average molecular weight is 268 g/mol. The van der Waals surface area contributed by atoms with Gasteiger partial charge in [-0.25, -0.2) is 4.98 Å². The Labute approximate surface area is 114 Å². The van der Waals surface area contributed by atoms with Crippen LogP contribution in [0.4, 0.5) is 5.82 Å². The van der Waals surface area contributed by atoms with Crippen molar-refractivity contribution in [3.8, 4) is 0 Å². The molecule has 0 amide bonds. The number of nitrogens with one attached hydrogen (secondary N) is 2. The van der Waals surface area contributed by atoms with Crippen LogP contribution in [0.2, 0.25) is 5.15 Å². The van der Waals surface area contributed by atoms with Crippen molar-refractivity contribution in [3.63, 3.8) is 0 Å². The molecule has 1 fully saturated rings. The second kappa shape index (κ2) is 6.95. The average Bonchev–Trinajstić information content (AvgIpc) is 2.57. The van der Waals surface area contributed by atoms with Gasteiger partial charge in [0.05, 0.1) is 0 Å². The molecule has 3 nitrogen and oxygen atoms in total. The SMILES string of the molecule is CC(CC1CCCCCN1)Nc1cccc(Cl)n1. The van der Waals surface area contributed by atoms with Gasteiger partial charge in [-0.2, -0.15) is 0 Å². The summed E-state index contributed by atoms with van der Waals surface area (Å²) in [7, 11) is 0. The van der Waals surface area contributed by atoms with Crippen LogP contribution in [0.1, 0.15) is 39.0 Å². The highest BCUT2D eigenvalue weighted by Gasteiger charge is 2.14. The van der Waals surface area contributed by atoms with Crippen molar-refractivity contribution in [2.75, 3.05) is 11.9 Å². The predicted octanol–water partition coefficient (Wildman–Crippen LogP) is 3.46. The molecule has 1 aromatic rings. The highest BCUT2D eigenvalue weighted by molar-refractivity contribution is 6.29. The summed E-state index contributed by atoms with van der Waals surface area (Å²) in [6, 6.07) is 6.72. The zero-order valence-corrected chi connectivity index (χ0v) is 11.7. The zero-order chi connectivity index (χ0) is 12.8. The number of hydrogen-bond acceptors (Lipinski definition) is 3. The van der Waals surface area contributed by atoms with Gasteiger partial charge in [0.25, 0.3) is 0 Å². The number of anilines is 1. The molecule has 1 aromatic heterocycles. The van der Waals surface area contributed by atoms with Crippen LogP contribution < -0.4 is 10.6 Å². The summed E-state index contributed by atoms with van der Waals surface area (Å²) in [5.41, 5.74) is 0. The second-order valence-corrected chi connectivity index (χ2v) is 5.51. The molecule has 1 aliphatic rings. The number of halogens is 1. The van der Waals surface area contributed by atoms with Crippen LogP contribution in [0.25, 0.3) is 0 Å². The minimum absolute atomic E-state index is 0.409. The van der Waals surface area contributed by atoms with Crippen molar-refractivity contribution >= 4 is 17.4 Å². The smallest absolute Gasteiger partial charge is 0.131 e. The zero-order valence-electron chi connectivity index (χ0n) is 11.0. The summed E-state index contributed by atoms with van der Waals surface area (Å²) in [4.78, 5) is 4.26. The summed E-state index contributed by atoms with van der Waals surface area (Å²) in [5.74, 6) is 0.864. The van der Waals surface area contributed by atoms with Gasteiger partial charge >= 0.3 is 0 Å². The van der Waals surface area contributed by atoms with E-state index in [0.717, 1.165) is 18.8 Å². The first-order valence-electron chi connectivity index (χ1n) is 6.86. The fraction of sp³-hybridized carbons (Fsp3) is 0.643. The first kappa shape index (κ1) is 13.6. The van der Waals surface area contributed by atoms with Crippen molar-refractivity contribution in [2.45, 2.75) is 51.1 Å². The normalized spacial score (nSPS) is 22.2. The number of pyridine rings is 1. The molecule has 100 valence electrons. The first-order valence-corrected chi connectivity index (χ1v) is 7.24. The lowest BCUT2D eigenvalue weighted by Gasteiger charge is -2.21. The third kappa shape index (κ3) is 4.46. The molecule has 0 radical (unpaired) electrons. The maximum atomic E-state index is 5.88. The van der Waals surface area contributed by atoms with Crippen molar-refractivity contribution < 1.29 is 0 Å². The summed E-state index contributed by atoms with van der Waals surface area (Å²) in [6.07, 6.45) is 6.44. The standard InChI is InChI=1S/C14H22ClN3/c1-11(10-12-6-3-2-4-9-16-12)17-14-8-5-7-13(15)18-14/h5,7-8,11-12,16H,2-4,6,9-10H2,1H3,(H,17,18). The minimum Gasteiger partial charge on any atom is -0.368 e. The first-order chi connectivity index (χ1) is 8.74. The molecule has 0 spiro atoms. The number of nitrogens with zero attached hydrogens (tertiary/aromatic N) is 1. The minimum atomic E-state index is 0.409. The third-order valence-electron chi connectivity index (χ3n) is 3.41. The van der Waals surface area contributed by atoms with Crippen molar-refractivity contribution in [1.29, 1.82) is 0 Å². The molecule has 0 aromatic carbocycles. The molecule has 2 heterocycles. The van der Waals surface area contributed by atoms with Gasteiger partial charge in [-0.1, -0.05) is 30.5 Å². The molecule has 0 saturated carbocycles. The van der Waals surface area contributed by atoms with Crippen LogP contribution in [-0.2, 0) is 0 Å². The molecule has 1 saturated heterocycles. The topological polar surface area (TPSA) is 37.0 Å². The van der Waals surface area contributed by atoms with Crippen molar-refractivity contribution in [1.82, 2.24) is 10.3 Å². The fourth-order valence-corrected chi connectivity index (χ4v) is 2.69. The highest BCUT2D eigenvalue weighted by atomic mass is 35.5. The summed E-state index contributed by atoms with van der Waals surface area (Å²) in [6.45, 7) is 3.36. The molecular weight excluding hydrogens is 246 g/mol. The lowest BCUT2D eigenvalue weighted by molar-refractivity contribution is 0.455. The van der Waals surface area contributed by atoms with Gasteiger partial charge in [-0.3, -0.25) is 0 Å². The molecule has 2 rings (SSSR count). The Kier molecular flexibility index (Phi) is 5.26. The molecular formula is C14H22ClN3. The summed E-state index contributed by atoms with van der Waals surface area (Å²) >= 11 is 5.88. The molecule has 2 N–H and O–H groups in total. The molecule has 18 heavy (non-hydrogen) atoms. The van der Waals surface area contributed by atoms with Crippen molar-refractivity contribution in [3.05, 3.63) is 23.4 Å². The predicted molar refractivity (Wildman–Crippen MR) is 77.2 cm³/mol. The lowest BCUT2D eigenvalue weighted by Crippen LogP contribution is -2.33. The molecule has 0 aliphatic carbocycles. The van der Waals surface area contributed by atoms with E-state index >= 15 is 0 Å². The Balaban J connectivity index is 1.82. The monoisotopic (exact) mass is 267 g/mol. The number of aromatic nitrogens is 1. The van der Waals surface area contributed by atoms with Gasteiger partial charge in [0.2, 0.25) is 0 Å². The van der Waals surface area contributed by atoms with Gasteiger partial charge in [-0.05, 0) is 44.9 Å².